The first kappa shape index (κ1) is 12.0. The average Bonchev–Trinajstić information content (AvgIpc) is 2.98. The molecule has 7 heteroatoms. The number of hydrogen-bond acceptors (Lipinski definition) is 5. The molecule has 2 aromatic rings. The molecule has 0 unspecified atom stereocenters. The molecule has 3 heterocycles. The monoisotopic (exact) mass is 342 g/mol. The number of hydrogen-bond donors (Lipinski definition) is 0. The van der Waals surface area contributed by atoms with Gasteiger partial charge in [-0.1, -0.05) is 0 Å². The van der Waals surface area contributed by atoms with E-state index in [0.717, 1.165) is 15.0 Å². The largest absolute Gasteiger partial charge is 0.297 e. The number of Topliss-reactive ketones (excluding diaryl/α,β-unsaturated/α-hetero) is 1. The molecule has 0 atom stereocenters. The third-order valence-corrected chi connectivity index (χ3v) is 5.28. The highest BCUT2D eigenvalue weighted by molar-refractivity contribution is 9.10. The third-order valence-electron chi connectivity index (χ3n) is 2.56. The Hall–Kier alpha value is -1.05. The van der Waals surface area contributed by atoms with E-state index in [2.05, 4.69) is 20.9 Å². The van der Waals surface area contributed by atoms with Crippen LogP contribution in [-0.2, 0) is 9.59 Å². The van der Waals surface area contributed by atoms with E-state index in [1.807, 2.05) is 16.8 Å². The first-order valence-corrected chi connectivity index (χ1v) is 7.71. The van der Waals surface area contributed by atoms with E-state index in [1.54, 1.807) is 11.3 Å². The zero-order valence-corrected chi connectivity index (χ0v) is 12.3. The van der Waals surface area contributed by atoms with Crippen LogP contribution in [0.15, 0.2) is 21.3 Å². The number of halogens is 1. The lowest BCUT2D eigenvalue weighted by molar-refractivity contribution is -0.121. The van der Waals surface area contributed by atoms with Crippen molar-refractivity contribution in [3.05, 3.63) is 21.3 Å². The number of carbonyl (C=O) groups is 2. The summed E-state index contributed by atoms with van der Waals surface area (Å²) in [6.45, 7) is 0.150. The molecule has 0 aromatic carbocycles. The Balaban J connectivity index is 1.93. The van der Waals surface area contributed by atoms with Gasteiger partial charge < -0.3 is 0 Å². The van der Waals surface area contributed by atoms with Gasteiger partial charge >= 0.3 is 0 Å². The van der Waals surface area contributed by atoms with Gasteiger partial charge in [-0.3, -0.25) is 14.5 Å². The molecule has 0 radical (unpaired) electrons. The molecule has 1 saturated heterocycles. The molecule has 2 aromatic heterocycles. The van der Waals surface area contributed by atoms with Crippen LogP contribution in [0.4, 0.5) is 5.13 Å². The number of nitrogens with zero attached hydrogens (tertiary/aromatic N) is 2. The van der Waals surface area contributed by atoms with Gasteiger partial charge in [-0.05, 0) is 27.4 Å². The summed E-state index contributed by atoms with van der Waals surface area (Å²) in [5, 5.41) is 4.48. The van der Waals surface area contributed by atoms with Gasteiger partial charge in [0, 0.05) is 9.85 Å². The summed E-state index contributed by atoms with van der Waals surface area (Å²) in [6.07, 6.45) is -0.00237. The third kappa shape index (κ3) is 2.02. The van der Waals surface area contributed by atoms with Gasteiger partial charge in [-0.25, -0.2) is 4.98 Å². The molecular formula is C11H7BrN2O2S2. The fourth-order valence-corrected chi connectivity index (χ4v) is 4.17. The van der Waals surface area contributed by atoms with Crippen molar-refractivity contribution in [3.63, 3.8) is 0 Å². The summed E-state index contributed by atoms with van der Waals surface area (Å²) in [5.74, 6) is -0.208. The van der Waals surface area contributed by atoms with E-state index in [1.165, 1.54) is 16.2 Å². The minimum Gasteiger partial charge on any atom is -0.297 e. The van der Waals surface area contributed by atoms with Gasteiger partial charge in [0.05, 0.1) is 23.5 Å². The quantitative estimate of drug-likeness (QED) is 0.788. The highest BCUT2D eigenvalue weighted by Gasteiger charge is 2.30. The van der Waals surface area contributed by atoms with Crippen molar-refractivity contribution >= 4 is 55.4 Å². The second kappa shape index (κ2) is 4.56. The highest BCUT2D eigenvalue weighted by Crippen LogP contribution is 2.36. The van der Waals surface area contributed by atoms with Gasteiger partial charge in [0.1, 0.15) is 0 Å². The molecular weight excluding hydrogens is 336 g/mol. The van der Waals surface area contributed by atoms with Gasteiger partial charge in [-0.2, -0.15) is 0 Å². The van der Waals surface area contributed by atoms with Crippen molar-refractivity contribution < 1.29 is 9.59 Å². The van der Waals surface area contributed by atoms with Crippen molar-refractivity contribution in [1.82, 2.24) is 4.98 Å². The Morgan fingerprint density at radius 3 is 2.78 bits per heavy atom. The van der Waals surface area contributed by atoms with Gasteiger partial charge in [-0.15, -0.1) is 22.7 Å². The van der Waals surface area contributed by atoms with Crippen LogP contribution < -0.4 is 4.90 Å². The number of amides is 1. The van der Waals surface area contributed by atoms with Crippen LogP contribution in [-0.4, -0.2) is 23.2 Å². The number of rotatable bonds is 2. The number of thiazole rings is 1. The second-order valence-electron chi connectivity index (χ2n) is 3.81. The zero-order chi connectivity index (χ0) is 12.7. The molecule has 0 aliphatic carbocycles. The number of carbonyl (C=O) groups excluding carboxylic acids is 2. The number of anilines is 1. The van der Waals surface area contributed by atoms with Gasteiger partial charge in [0.15, 0.2) is 10.9 Å². The van der Waals surface area contributed by atoms with E-state index < -0.39 is 0 Å². The molecule has 0 spiro atoms. The maximum absolute atomic E-state index is 11.6. The lowest BCUT2D eigenvalue weighted by Gasteiger charge is -2.09. The van der Waals surface area contributed by atoms with Crippen molar-refractivity contribution in [2.75, 3.05) is 11.4 Å². The summed E-state index contributed by atoms with van der Waals surface area (Å²) >= 11 is 6.43. The van der Waals surface area contributed by atoms with Crippen LogP contribution in [0.1, 0.15) is 6.42 Å². The van der Waals surface area contributed by atoms with Crippen molar-refractivity contribution in [2.45, 2.75) is 6.42 Å². The van der Waals surface area contributed by atoms with Crippen LogP contribution in [0, 0.1) is 0 Å². The topological polar surface area (TPSA) is 50.3 Å². The van der Waals surface area contributed by atoms with Crippen LogP contribution in [0.5, 0.6) is 0 Å². The Morgan fingerprint density at radius 2 is 2.17 bits per heavy atom. The maximum atomic E-state index is 11.6. The summed E-state index contributed by atoms with van der Waals surface area (Å²) < 4.78 is 0.994. The number of aromatic nitrogens is 1. The van der Waals surface area contributed by atoms with Gasteiger partial charge in [0.25, 0.3) is 0 Å². The molecule has 18 heavy (non-hydrogen) atoms. The van der Waals surface area contributed by atoms with Gasteiger partial charge in [0.2, 0.25) is 5.91 Å². The van der Waals surface area contributed by atoms with Crippen molar-refractivity contribution in [1.29, 1.82) is 0 Å². The fraction of sp³-hybridized carbons (Fsp3) is 0.182. The summed E-state index contributed by atoms with van der Waals surface area (Å²) in [5.41, 5.74) is 0.837. The maximum Gasteiger partial charge on any atom is 0.236 e. The summed E-state index contributed by atoms with van der Waals surface area (Å²) in [6, 6.07) is 1.96. The second-order valence-corrected chi connectivity index (χ2v) is 6.42. The normalized spacial score (nSPS) is 15.7. The standard InChI is InChI=1S/C11H7BrN2O2S2/c12-7-1-2-17-10(7)8-5-18-11(13-8)14-4-6(15)3-9(14)16/h1-2,5H,3-4H2. The predicted molar refractivity (Wildman–Crippen MR) is 75.1 cm³/mol. The highest BCUT2D eigenvalue weighted by atomic mass is 79.9. The predicted octanol–water partition coefficient (Wildman–Crippen LogP) is 2.94. The molecule has 1 fully saturated rings. The molecule has 0 bridgehead atoms. The van der Waals surface area contributed by atoms with E-state index >= 15 is 0 Å². The van der Waals surface area contributed by atoms with Crippen LogP contribution in [0.25, 0.3) is 10.6 Å². The smallest absolute Gasteiger partial charge is 0.236 e. The first-order chi connectivity index (χ1) is 8.65. The molecule has 1 aliphatic rings. The first-order valence-electron chi connectivity index (χ1n) is 5.16. The minimum atomic E-state index is -0.161. The van der Waals surface area contributed by atoms with E-state index in [-0.39, 0.29) is 24.7 Å². The summed E-state index contributed by atoms with van der Waals surface area (Å²) in [7, 11) is 0. The molecule has 3 rings (SSSR count). The Kier molecular flexibility index (Phi) is 3.04. The lowest BCUT2D eigenvalue weighted by Crippen LogP contribution is -2.24. The molecule has 0 N–H and O–H groups in total. The Morgan fingerprint density at radius 1 is 1.33 bits per heavy atom. The Bertz CT molecular complexity index is 635. The molecule has 92 valence electrons. The van der Waals surface area contributed by atoms with Crippen molar-refractivity contribution in [3.8, 4) is 10.6 Å². The Labute approximate surface area is 119 Å². The van der Waals surface area contributed by atoms with Crippen LogP contribution in [0.3, 0.4) is 0 Å². The SMILES string of the molecule is O=C1CC(=O)N(c2nc(-c3sccc3Br)cs2)C1. The van der Waals surface area contributed by atoms with Crippen LogP contribution >= 0.6 is 38.6 Å². The van der Waals surface area contributed by atoms with Crippen molar-refractivity contribution in [2.24, 2.45) is 0 Å². The molecule has 1 aliphatic heterocycles. The number of ketones is 1. The molecule has 0 saturated carbocycles. The summed E-state index contributed by atoms with van der Waals surface area (Å²) in [4.78, 5) is 29.8. The lowest BCUT2D eigenvalue weighted by atomic mass is 10.3. The minimum absolute atomic E-state index is 0.00237. The van der Waals surface area contributed by atoms with E-state index in [0.29, 0.717) is 5.13 Å². The molecule has 1 amide bonds. The average molecular weight is 343 g/mol. The van der Waals surface area contributed by atoms with E-state index in [4.69, 9.17) is 0 Å². The number of thiophene rings is 1. The fourth-order valence-electron chi connectivity index (χ4n) is 1.73. The van der Waals surface area contributed by atoms with Crippen LogP contribution in [0.2, 0.25) is 0 Å². The zero-order valence-electron chi connectivity index (χ0n) is 9.05. The molecule has 4 nitrogen and oxygen atoms in total. The van der Waals surface area contributed by atoms with E-state index in [9.17, 15) is 9.59 Å².